The van der Waals surface area contributed by atoms with E-state index in [9.17, 15) is 18.8 Å². The van der Waals surface area contributed by atoms with E-state index in [1.54, 1.807) is 25.1 Å². The van der Waals surface area contributed by atoms with E-state index in [0.717, 1.165) is 0 Å². The number of carbonyl (C=O) groups is 1. The van der Waals surface area contributed by atoms with Crippen molar-refractivity contribution in [1.29, 1.82) is 0 Å². The van der Waals surface area contributed by atoms with E-state index in [-0.39, 0.29) is 34.7 Å². The summed E-state index contributed by atoms with van der Waals surface area (Å²) in [6, 6.07) is 6.02. The van der Waals surface area contributed by atoms with Crippen molar-refractivity contribution in [2.24, 2.45) is 0 Å². The normalized spacial score (nSPS) is 14.2. The Kier molecular flexibility index (Phi) is 6.28. The SMILES string of the molecule is CCn1c(=O)[nH]c(=O)c2c(C(=O)Nc3ccc(N4CCOCC4)c(F)c3)cc(C(C)C)nc21. The molecule has 0 aliphatic carbocycles. The fourth-order valence-corrected chi connectivity index (χ4v) is 3.91. The number of hydrogen-bond donors (Lipinski definition) is 2. The smallest absolute Gasteiger partial charge is 0.329 e. The van der Waals surface area contributed by atoms with Crippen molar-refractivity contribution in [2.45, 2.75) is 33.2 Å². The van der Waals surface area contributed by atoms with Crippen LogP contribution in [0.15, 0.2) is 33.9 Å². The maximum Gasteiger partial charge on any atom is 0.329 e. The average Bonchev–Trinajstić information content (AvgIpc) is 2.79. The van der Waals surface area contributed by atoms with Crippen LogP contribution in [0.5, 0.6) is 0 Å². The fourth-order valence-electron chi connectivity index (χ4n) is 3.91. The maximum atomic E-state index is 14.8. The zero-order chi connectivity index (χ0) is 23.7. The number of aryl methyl sites for hydroxylation is 1. The van der Waals surface area contributed by atoms with E-state index in [1.807, 2.05) is 18.7 Å². The summed E-state index contributed by atoms with van der Waals surface area (Å²) in [5, 5.41) is 2.69. The van der Waals surface area contributed by atoms with Crippen molar-refractivity contribution in [1.82, 2.24) is 14.5 Å². The van der Waals surface area contributed by atoms with Gasteiger partial charge in [0.05, 0.1) is 29.9 Å². The second kappa shape index (κ2) is 9.14. The molecule has 1 aliphatic rings. The number of aromatic nitrogens is 3. The van der Waals surface area contributed by atoms with Crippen LogP contribution in [0.2, 0.25) is 0 Å². The van der Waals surface area contributed by atoms with E-state index < -0.39 is 23.0 Å². The third-order valence-electron chi connectivity index (χ3n) is 5.68. The van der Waals surface area contributed by atoms with Gasteiger partial charge in [0.2, 0.25) is 0 Å². The van der Waals surface area contributed by atoms with Crippen molar-refractivity contribution in [2.75, 3.05) is 36.5 Å². The van der Waals surface area contributed by atoms with E-state index in [2.05, 4.69) is 15.3 Å². The van der Waals surface area contributed by atoms with E-state index in [0.29, 0.717) is 37.7 Å². The second-order valence-corrected chi connectivity index (χ2v) is 8.17. The van der Waals surface area contributed by atoms with E-state index >= 15 is 0 Å². The van der Waals surface area contributed by atoms with Gasteiger partial charge >= 0.3 is 5.69 Å². The van der Waals surface area contributed by atoms with Gasteiger partial charge in [0.25, 0.3) is 11.5 Å². The molecule has 9 nitrogen and oxygen atoms in total. The monoisotopic (exact) mass is 455 g/mol. The number of rotatable bonds is 5. The van der Waals surface area contributed by atoms with Crippen LogP contribution in [0.1, 0.15) is 42.7 Å². The highest BCUT2D eigenvalue weighted by molar-refractivity contribution is 6.11. The highest BCUT2D eigenvalue weighted by Crippen LogP contribution is 2.25. The lowest BCUT2D eigenvalue weighted by Crippen LogP contribution is -2.36. The lowest BCUT2D eigenvalue weighted by Gasteiger charge is -2.29. The van der Waals surface area contributed by atoms with Crippen LogP contribution in [-0.2, 0) is 11.3 Å². The van der Waals surface area contributed by atoms with Crippen molar-refractivity contribution in [3.8, 4) is 0 Å². The summed E-state index contributed by atoms with van der Waals surface area (Å²) in [7, 11) is 0. The number of anilines is 2. The predicted molar refractivity (Wildman–Crippen MR) is 124 cm³/mol. The Hall–Kier alpha value is -3.53. The summed E-state index contributed by atoms with van der Waals surface area (Å²) in [6.45, 7) is 8.06. The van der Waals surface area contributed by atoms with Gasteiger partial charge in [-0.25, -0.2) is 14.2 Å². The van der Waals surface area contributed by atoms with Crippen LogP contribution in [0.4, 0.5) is 15.8 Å². The molecule has 0 atom stereocenters. The maximum absolute atomic E-state index is 14.8. The lowest BCUT2D eigenvalue weighted by atomic mass is 10.0. The predicted octanol–water partition coefficient (Wildman–Crippen LogP) is 2.46. The molecule has 1 aromatic carbocycles. The molecule has 4 rings (SSSR count). The summed E-state index contributed by atoms with van der Waals surface area (Å²) in [6.07, 6.45) is 0. The van der Waals surface area contributed by atoms with Crippen molar-refractivity contribution in [3.05, 3.63) is 62.2 Å². The summed E-state index contributed by atoms with van der Waals surface area (Å²) < 4.78 is 21.4. The van der Waals surface area contributed by atoms with Gasteiger partial charge in [0, 0.05) is 31.0 Å². The molecule has 2 N–H and O–H groups in total. The van der Waals surface area contributed by atoms with Crippen molar-refractivity contribution in [3.63, 3.8) is 0 Å². The Balaban J connectivity index is 1.74. The van der Waals surface area contributed by atoms with Crippen LogP contribution in [0.25, 0.3) is 11.0 Å². The molecule has 1 fully saturated rings. The molecule has 0 radical (unpaired) electrons. The van der Waals surface area contributed by atoms with Crippen molar-refractivity contribution < 1.29 is 13.9 Å². The molecule has 3 aromatic rings. The number of aromatic amines is 1. The first kappa shape index (κ1) is 22.7. The molecule has 10 heteroatoms. The molecule has 0 bridgehead atoms. The third kappa shape index (κ3) is 4.38. The van der Waals surface area contributed by atoms with E-state index in [4.69, 9.17) is 4.74 Å². The second-order valence-electron chi connectivity index (χ2n) is 8.17. The van der Waals surface area contributed by atoms with Crippen LogP contribution >= 0.6 is 0 Å². The number of ether oxygens (including phenoxy) is 1. The number of fused-ring (bicyclic) bond motifs is 1. The van der Waals surface area contributed by atoms with Crippen LogP contribution in [0, 0.1) is 5.82 Å². The number of pyridine rings is 1. The van der Waals surface area contributed by atoms with Gasteiger partial charge in [-0.3, -0.25) is 19.1 Å². The number of carbonyl (C=O) groups excluding carboxylic acids is 1. The van der Waals surface area contributed by atoms with Crippen LogP contribution < -0.4 is 21.5 Å². The quantitative estimate of drug-likeness (QED) is 0.612. The Morgan fingerprint density at radius 3 is 2.61 bits per heavy atom. The first-order valence-electron chi connectivity index (χ1n) is 10.9. The number of amides is 1. The number of nitrogens with one attached hydrogen (secondary N) is 2. The number of nitrogens with zero attached hydrogens (tertiary/aromatic N) is 3. The molecule has 2 aromatic heterocycles. The third-order valence-corrected chi connectivity index (χ3v) is 5.68. The Labute approximate surface area is 189 Å². The standard InChI is InChI=1S/C23H26FN5O4/c1-4-29-20-19(22(31)27-23(29)32)15(12-17(26-20)13(2)3)21(30)25-14-5-6-18(16(24)11-14)28-7-9-33-10-8-28/h5-6,11-13H,4,7-10H2,1-3H3,(H,25,30)(H,27,31,32). The molecular formula is C23H26FN5O4. The van der Waals surface area contributed by atoms with Crippen LogP contribution in [0.3, 0.4) is 0 Å². The number of benzene rings is 1. The zero-order valence-corrected chi connectivity index (χ0v) is 18.8. The first-order valence-corrected chi connectivity index (χ1v) is 10.9. The lowest BCUT2D eigenvalue weighted by molar-refractivity contribution is 0.102. The van der Waals surface area contributed by atoms with Gasteiger partial charge in [-0.15, -0.1) is 0 Å². The number of morpholine rings is 1. The van der Waals surface area contributed by atoms with Gasteiger partial charge in [0.15, 0.2) is 5.65 Å². The Bertz CT molecular complexity index is 1320. The number of hydrogen-bond acceptors (Lipinski definition) is 6. The molecular weight excluding hydrogens is 429 g/mol. The molecule has 3 heterocycles. The largest absolute Gasteiger partial charge is 0.378 e. The fraction of sp³-hybridized carbons (Fsp3) is 0.391. The molecule has 1 amide bonds. The van der Waals surface area contributed by atoms with Gasteiger partial charge in [-0.05, 0) is 37.1 Å². The summed E-state index contributed by atoms with van der Waals surface area (Å²) in [5.74, 6) is -1.10. The van der Waals surface area contributed by atoms with Crippen LogP contribution in [-0.4, -0.2) is 46.7 Å². The Morgan fingerprint density at radius 2 is 1.97 bits per heavy atom. The minimum atomic E-state index is -0.693. The first-order chi connectivity index (χ1) is 15.8. The molecule has 0 spiro atoms. The summed E-state index contributed by atoms with van der Waals surface area (Å²) >= 11 is 0. The summed E-state index contributed by atoms with van der Waals surface area (Å²) in [5.41, 5.74) is 0.203. The number of H-pyrrole nitrogens is 1. The van der Waals surface area contributed by atoms with Gasteiger partial charge in [-0.1, -0.05) is 13.8 Å². The molecule has 1 aliphatic heterocycles. The highest BCUT2D eigenvalue weighted by atomic mass is 19.1. The number of halogens is 1. The summed E-state index contributed by atoms with van der Waals surface area (Å²) in [4.78, 5) is 46.7. The minimum Gasteiger partial charge on any atom is -0.378 e. The van der Waals surface area contributed by atoms with Gasteiger partial charge < -0.3 is 15.0 Å². The van der Waals surface area contributed by atoms with Crippen molar-refractivity contribution >= 4 is 28.3 Å². The van der Waals surface area contributed by atoms with Gasteiger partial charge in [-0.2, -0.15) is 0 Å². The molecule has 0 unspecified atom stereocenters. The molecule has 33 heavy (non-hydrogen) atoms. The average molecular weight is 455 g/mol. The topological polar surface area (TPSA) is 109 Å². The zero-order valence-electron chi connectivity index (χ0n) is 18.8. The molecule has 0 saturated carbocycles. The Morgan fingerprint density at radius 1 is 1.24 bits per heavy atom. The highest BCUT2D eigenvalue weighted by Gasteiger charge is 2.21. The molecule has 174 valence electrons. The minimum absolute atomic E-state index is 0.0174. The molecule has 1 saturated heterocycles. The van der Waals surface area contributed by atoms with E-state index in [1.165, 1.54) is 10.6 Å². The van der Waals surface area contributed by atoms with Gasteiger partial charge in [0.1, 0.15) is 5.82 Å².